The summed E-state index contributed by atoms with van der Waals surface area (Å²) < 4.78 is 16.6. The van der Waals surface area contributed by atoms with Crippen LogP contribution in [0.5, 0.6) is 5.88 Å². The van der Waals surface area contributed by atoms with Crippen molar-refractivity contribution in [2.75, 3.05) is 6.61 Å². The van der Waals surface area contributed by atoms with Crippen molar-refractivity contribution >= 4 is 22.0 Å². The molecule has 7 nitrogen and oxygen atoms in total. The van der Waals surface area contributed by atoms with Crippen LogP contribution in [0.15, 0.2) is 33.4 Å². The van der Waals surface area contributed by atoms with Crippen molar-refractivity contribution in [3.05, 3.63) is 40.3 Å². The average Bonchev–Trinajstić information content (AvgIpc) is 2.82. The zero-order valence-corrected chi connectivity index (χ0v) is 15.6. The molecule has 2 rings (SSSR count). The number of halogens is 1. The molecule has 1 atom stereocenters. The van der Waals surface area contributed by atoms with Gasteiger partial charge in [0.15, 0.2) is 5.76 Å². The normalized spacial score (nSPS) is 12.5. The highest BCUT2D eigenvalue weighted by molar-refractivity contribution is 9.10. The van der Waals surface area contributed by atoms with Gasteiger partial charge in [0.1, 0.15) is 22.7 Å². The van der Waals surface area contributed by atoms with Crippen molar-refractivity contribution < 1.29 is 18.8 Å². The lowest BCUT2D eigenvalue weighted by Crippen LogP contribution is -2.37. The van der Waals surface area contributed by atoms with E-state index in [1.807, 2.05) is 6.07 Å². The van der Waals surface area contributed by atoms with Gasteiger partial charge in [0.25, 0.3) is 5.88 Å². The predicted octanol–water partition coefficient (Wildman–Crippen LogP) is 3.79. The summed E-state index contributed by atoms with van der Waals surface area (Å²) in [7, 11) is 0. The first-order valence-corrected chi connectivity index (χ1v) is 8.20. The molecule has 2 aromatic heterocycles. The minimum absolute atomic E-state index is 0.126. The van der Waals surface area contributed by atoms with E-state index in [4.69, 9.17) is 14.0 Å². The lowest BCUT2D eigenvalue weighted by molar-refractivity contribution is 0.0484. The number of aromatic nitrogens is 2. The molecule has 8 heteroatoms. The van der Waals surface area contributed by atoms with Crippen molar-refractivity contribution in [2.24, 2.45) is 0 Å². The Kier molecular flexibility index (Phi) is 5.82. The Balaban J connectivity index is 2.09. The van der Waals surface area contributed by atoms with Crippen LogP contribution >= 0.6 is 15.9 Å². The number of ether oxygens (including phenoxy) is 2. The van der Waals surface area contributed by atoms with Crippen molar-refractivity contribution in [2.45, 2.75) is 39.3 Å². The summed E-state index contributed by atoms with van der Waals surface area (Å²) in [5.41, 5.74) is 0.0611. The fourth-order valence-corrected chi connectivity index (χ4v) is 2.08. The fourth-order valence-electron chi connectivity index (χ4n) is 1.83. The second-order valence-electron chi connectivity index (χ2n) is 6.12. The SMILES string of the molecule is Cc1onc(OC[C@@H](NC(=O)OC(C)(C)C)c2ccccn2)c1Br. The van der Waals surface area contributed by atoms with E-state index >= 15 is 0 Å². The molecule has 0 aliphatic rings. The monoisotopic (exact) mass is 397 g/mol. The van der Waals surface area contributed by atoms with Crippen molar-refractivity contribution in [3.8, 4) is 5.88 Å². The summed E-state index contributed by atoms with van der Waals surface area (Å²) in [6.07, 6.45) is 1.10. The van der Waals surface area contributed by atoms with Crippen LogP contribution in [0.25, 0.3) is 0 Å². The Morgan fingerprint density at radius 2 is 2.17 bits per heavy atom. The number of amides is 1. The quantitative estimate of drug-likeness (QED) is 0.825. The number of aryl methyl sites for hydroxylation is 1. The Bertz CT molecular complexity index is 682. The maximum absolute atomic E-state index is 12.1. The number of alkyl carbamates (subject to hydrolysis) is 1. The van der Waals surface area contributed by atoms with Gasteiger partial charge in [-0.2, -0.15) is 0 Å². The molecule has 0 spiro atoms. The molecular formula is C16H20BrN3O4. The molecule has 1 amide bonds. The second-order valence-corrected chi connectivity index (χ2v) is 6.92. The van der Waals surface area contributed by atoms with Crippen LogP contribution < -0.4 is 10.1 Å². The molecule has 130 valence electrons. The van der Waals surface area contributed by atoms with Crippen LogP contribution in [0, 0.1) is 6.92 Å². The second kappa shape index (κ2) is 7.65. The minimum Gasteiger partial charge on any atom is -0.472 e. The molecule has 2 heterocycles. The number of carbonyl (C=O) groups is 1. The Hall–Kier alpha value is -2.09. The van der Waals surface area contributed by atoms with Gasteiger partial charge >= 0.3 is 6.09 Å². The van der Waals surface area contributed by atoms with Crippen LogP contribution in [0.1, 0.15) is 38.3 Å². The summed E-state index contributed by atoms with van der Waals surface area (Å²) >= 11 is 3.34. The molecule has 1 N–H and O–H groups in total. The third-order valence-electron chi connectivity index (χ3n) is 2.88. The summed E-state index contributed by atoms with van der Waals surface area (Å²) in [5.74, 6) is 0.930. The smallest absolute Gasteiger partial charge is 0.408 e. The van der Waals surface area contributed by atoms with Crippen molar-refractivity contribution in [1.82, 2.24) is 15.5 Å². The highest BCUT2D eigenvalue weighted by Crippen LogP contribution is 2.27. The standard InChI is InChI=1S/C16H20BrN3O4/c1-10-13(17)14(20-24-10)22-9-12(11-7-5-6-8-18-11)19-15(21)23-16(2,3)4/h5-8,12H,9H2,1-4H3,(H,19,21)/t12-/m1/s1. The van der Waals surface area contributed by atoms with Gasteiger partial charge in [0.05, 0.1) is 5.69 Å². The largest absolute Gasteiger partial charge is 0.472 e. The first-order valence-electron chi connectivity index (χ1n) is 7.41. The highest BCUT2D eigenvalue weighted by atomic mass is 79.9. The molecule has 0 saturated heterocycles. The van der Waals surface area contributed by atoms with Gasteiger partial charge in [0.2, 0.25) is 0 Å². The summed E-state index contributed by atoms with van der Waals surface area (Å²) in [5, 5.41) is 6.58. The van der Waals surface area contributed by atoms with E-state index in [1.54, 1.807) is 46.0 Å². The van der Waals surface area contributed by atoms with E-state index in [1.165, 1.54) is 0 Å². The first kappa shape index (κ1) is 18.3. The summed E-state index contributed by atoms with van der Waals surface area (Å²) in [6, 6.07) is 4.94. The van der Waals surface area contributed by atoms with Gasteiger partial charge in [-0.1, -0.05) is 6.07 Å². The Labute approximate surface area is 148 Å². The Morgan fingerprint density at radius 3 is 2.71 bits per heavy atom. The lowest BCUT2D eigenvalue weighted by Gasteiger charge is -2.23. The number of nitrogens with one attached hydrogen (secondary N) is 1. The maximum atomic E-state index is 12.1. The average molecular weight is 398 g/mol. The number of nitrogens with zero attached hydrogens (tertiary/aromatic N) is 2. The molecule has 24 heavy (non-hydrogen) atoms. The van der Waals surface area contributed by atoms with Gasteiger partial charge in [-0.3, -0.25) is 4.98 Å². The number of hydrogen-bond acceptors (Lipinski definition) is 6. The number of carbonyl (C=O) groups excluding carboxylic acids is 1. The zero-order valence-electron chi connectivity index (χ0n) is 14.0. The predicted molar refractivity (Wildman–Crippen MR) is 90.8 cm³/mol. The zero-order chi connectivity index (χ0) is 17.7. The third kappa shape index (κ3) is 5.23. The minimum atomic E-state index is -0.591. The molecular weight excluding hydrogens is 378 g/mol. The molecule has 0 aliphatic heterocycles. The molecule has 0 aliphatic carbocycles. The van der Waals surface area contributed by atoms with E-state index in [-0.39, 0.29) is 6.61 Å². The van der Waals surface area contributed by atoms with Gasteiger partial charge < -0.3 is 19.3 Å². The Morgan fingerprint density at radius 1 is 1.42 bits per heavy atom. The molecule has 0 fully saturated rings. The molecule has 0 radical (unpaired) electrons. The maximum Gasteiger partial charge on any atom is 0.408 e. The van der Waals surface area contributed by atoms with E-state index in [2.05, 4.69) is 31.4 Å². The number of rotatable bonds is 5. The highest BCUT2D eigenvalue weighted by Gasteiger charge is 2.23. The molecule has 0 aromatic carbocycles. The number of pyridine rings is 1. The van der Waals surface area contributed by atoms with E-state index < -0.39 is 17.7 Å². The van der Waals surface area contributed by atoms with Crippen LogP contribution in [0.3, 0.4) is 0 Å². The molecule has 0 saturated carbocycles. The van der Waals surface area contributed by atoms with Crippen LogP contribution in [-0.2, 0) is 4.74 Å². The van der Waals surface area contributed by atoms with E-state index in [0.29, 0.717) is 21.8 Å². The molecule has 2 aromatic rings. The molecule has 0 unspecified atom stereocenters. The van der Waals surface area contributed by atoms with Gasteiger partial charge in [-0.05, 0) is 60.9 Å². The lowest BCUT2D eigenvalue weighted by atomic mass is 10.2. The van der Waals surface area contributed by atoms with E-state index in [9.17, 15) is 4.79 Å². The fraction of sp³-hybridized carbons (Fsp3) is 0.438. The van der Waals surface area contributed by atoms with Gasteiger partial charge in [0, 0.05) is 6.20 Å². The van der Waals surface area contributed by atoms with Crippen molar-refractivity contribution in [3.63, 3.8) is 0 Å². The van der Waals surface area contributed by atoms with Crippen LogP contribution in [-0.4, -0.2) is 28.4 Å². The van der Waals surface area contributed by atoms with Gasteiger partial charge in [-0.25, -0.2) is 4.79 Å². The van der Waals surface area contributed by atoms with E-state index in [0.717, 1.165) is 0 Å². The summed E-state index contributed by atoms with van der Waals surface area (Å²) in [4.78, 5) is 16.3. The van der Waals surface area contributed by atoms with Crippen molar-refractivity contribution in [1.29, 1.82) is 0 Å². The number of hydrogen-bond donors (Lipinski definition) is 1. The van der Waals surface area contributed by atoms with Gasteiger partial charge in [-0.15, -0.1) is 0 Å². The van der Waals surface area contributed by atoms with Crippen LogP contribution in [0.2, 0.25) is 0 Å². The topological polar surface area (TPSA) is 86.5 Å². The third-order valence-corrected chi connectivity index (χ3v) is 3.78. The van der Waals surface area contributed by atoms with Crippen LogP contribution in [0.4, 0.5) is 4.79 Å². The first-order chi connectivity index (χ1) is 11.3. The summed E-state index contributed by atoms with van der Waals surface area (Å²) in [6.45, 7) is 7.29. The molecule has 0 bridgehead atoms.